The molecule has 2 rings (SSSR count). The molecule has 0 radical (unpaired) electrons. The van der Waals surface area contributed by atoms with Gasteiger partial charge in [0.15, 0.2) is 0 Å². The summed E-state index contributed by atoms with van der Waals surface area (Å²) < 4.78 is 18.7. The maximum Gasteiger partial charge on any atom is 0.326 e. The fourth-order valence-electron chi connectivity index (χ4n) is 1.67. The van der Waals surface area contributed by atoms with Crippen LogP contribution in [0, 0.1) is 5.82 Å². The largest absolute Gasteiger partial charge is 0.465 e. The molecule has 0 aliphatic rings. The SMILES string of the molecule is CCOC(=O)Cn1cnc(-c2ccc(F)cc2)cc1=O. The Balaban J connectivity index is 2.23. The predicted octanol–water partition coefficient (Wildman–Crippen LogP) is 1.61. The number of benzene rings is 1. The molecule has 0 saturated heterocycles. The summed E-state index contributed by atoms with van der Waals surface area (Å²) in [5, 5.41) is 0. The summed E-state index contributed by atoms with van der Waals surface area (Å²) in [6, 6.07) is 6.95. The monoisotopic (exact) mass is 276 g/mol. The first-order valence-electron chi connectivity index (χ1n) is 6.08. The number of rotatable bonds is 4. The van der Waals surface area contributed by atoms with Gasteiger partial charge in [-0.3, -0.25) is 14.2 Å². The third-order valence-electron chi connectivity index (χ3n) is 2.62. The maximum absolute atomic E-state index is 12.8. The fraction of sp³-hybridized carbons (Fsp3) is 0.214. The summed E-state index contributed by atoms with van der Waals surface area (Å²) in [6.45, 7) is 1.77. The minimum absolute atomic E-state index is 0.177. The van der Waals surface area contributed by atoms with E-state index < -0.39 is 5.97 Å². The van der Waals surface area contributed by atoms with Gasteiger partial charge < -0.3 is 4.74 Å². The zero-order chi connectivity index (χ0) is 14.5. The highest BCUT2D eigenvalue weighted by Crippen LogP contribution is 2.14. The first-order chi connectivity index (χ1) is 9.60. The van der Waals surface area contributed by atoms with E-state index in [1.165, 1.54) is 36.7 Å². The molecular formula is C14H13FN2O3. The van der Waals surface area contributed by atoms with Gasteiger partial charge in [-0.15, -0.1) is 0 Å². The molecular weight excluding hydrogens is 263 g/mol. The number of hydrogen-bond donors (Lipinski definition) is 0. The third-order valence-corrected chi connectivity index (χ3v) is 2.62. The van der Waals surface area contributed by atoms with Gasteiger partial charge in [0, 0.05) is 11.6 Å². The fourth-order valence-corrected chi connectivity index (χ4v) is 1.67. The lowest BCUT2D eigenvalue weighted by Crippen LogP contribution is -2.25. The quantitative estimate of drug-likeness (QED) is 0.796. The molecule has 0 unspecified atom stereocenters. The molecule has 0 aliphatic carbocycles. The van der Waals surface area contributed by atoms with E-state index in [4.69, 9.17) is 4.74 Å². The third kappa shape index (κ3) is 3.28. The van der Waals surface area contributed by atoms with Crippen molar-refractivity contribution >= 4 is 5.97 Å². The van der Waals surface area contributed by atoms with Gasteiger partial charge in [-0.25, -0.2) is 9.37 Å². The van der Waals surface area contributed by atoms with Gasteiger partial charge in [0.05, 0.1) is 18.6 Å². The standard InChI is InChI=1S/C14H13FN2O3/c1-2-20-14(19)8-17-9-16-12(7-13(17)18)10-3-5-11(15)6-4-10/h3-7,9H,2,8H2,1H3. The summed E-state index contributed by atoms with van der Waals surface area (Å²) in [7, 11) is 0. The van der Waals surface area contributed by atoms with E-state index in [0.717, 1.165) is 4.57 Å². The average molecular weight is 276 g/mol. The van der Waals surface area contributed by atoms with Gasteiger partial charge in [-0.1, -0.05) is 0 Å². The van der Waals surface area contributed by atoms with Crippen LogP contribution in [0.2, 0.25) is 0 Å². The Labute approximate surface area is 114 Å². The van der Waals surface area contributed by atoms with E-state index in [9.17, 15) is 14.0 Å². The van der Waals surface area contributed by atoms with Crippen LogP contribution in [0.1, 0.15) is 6.92 Å². The lowest BCUT2D eigenvalue weighted by molar-refractivity contribution is -0.143. The summed E-state index contributed by atoms with van der Waals surface area (Å²) in [5.41, 5.74) is 0.689. The highest BCUT2D eigenvalue weighted by Gasteiger charge is 2.07. The lowest BCUT2D eigenvalue weighted by atomic mass is 10.1. The normalized spacial score (nSPS) is 10.3. The molecule has 0 bridgehead atoms. The second-order valence-corrected chi connectivity index (χ2v) is 4.05. The zero-order valence-corrected chi connectivity index (χ0v) is 10.9. The van der Waals surface area contributed by atoms with Gasteiger partial charge in [0.1, 0.15) is 12.4 Å². The molecule has 0 fully saturated rings. The van der Waals surface area contributed by atoms with E-state index in [0.29, 0.717) is 11.3 Å². The summed E-state index contributed by atoms with van der Waals surface area (Å²) in [6.07, 6.45) is 1.28. The van der Waals surface area contributed by atoms with E-state index >= 15 is 0 Å². The molecule has 1 heterocycles. The Morgan fingerprint density at radius 2 is 2.05 bits per heavy atom. The van der Waals surface area contributed by atoms with Gasteiger partial charge in [-0.2, -0.15) is 0 Å². The maximum atomic E-state index is 12.8. The average Bonchev–Trinajstić information content (AvgIpc) is 2.42. The van der Waals surface area contributed by atoms with E-state index in [2.05, 4.69) is 4.98 Å². The molecule has 0 atom stereocenters. The van der Waals surface area contributed by atoms with Crippen molar-refractivity contribution in [2.75, 3.05) is 6.61 Å². The molecule has 0 amide bonds. The smallest absolute Gasteiger partial charge is 0.326 e. The first kappa shape index (κ1) is 13.9. The Morgan fingerprint density at radius 3 is 2.65 bits per heavy atom. The Morgan fingerprint density at radius 1 is 1.35 bits per heavy atom. The number of carbonyl (C=O) groups is 1. The number of carbonyl (C=O) groups excluding carboxylic acids is 1. The van der Waals surface area contributed by atoms with Crippen LogP contribution in [0.25, 0.3) is 11.3 Å². The highest BCUT2D eigenvalue weighted by molar-refractivity contribution is 5.69. The molecule has 0 spiro atoms. The molecule has 5 nitrogen and oxygen atoms in total. The number of halogens is 1. The minimum atomic E-state index is -0.495. The molecule has 1 aromatic carbocycles. The van der Waals surface area contributed by atoms with Crippen LogP contribution in [0.3, 0.4) is 0 Å². The molecule has 20 heavy (non-hydrogen) atoms. The van der Waals surface area contributed by atoms with Crippen molar-refractivity contribution in [1.29, 1.82) is 0 Å². The van der Waals surface area contributed by atoms with Crippen molar-refractivity contribution in [3.63, 3.8) is 0 Å². The van der Waals surface area contributed by atoms with E-state index in [-0.39, 0.29) is 24.5 Å². The number of aromatic nitrogens is 2. The topological polar surface area (TPSA) is 61.2 Å². The molecule has 104 valence electrons. The Bertz CT molecular complexity index is 665. The van der Waals surface area contributed by atoms with Crippen LogP contribution in [-0.2, 0) is 16.1 Å². The molecule has 0 aliphatic heterocycles. The molecule has 6 heteroatoms. The lowest BCUT2D eigenvalue weighted by Gasteiger charge is -2.06. The van der Waals surface area contributed by atoms with E-state index in [1.54, 1.807) is 6.92 Å². The summed E-state index contributed by atoms with van der Waals surface area (Å²) in [5.74, 6) is -0.852. The highest BCUT2D eigenvalue weighted by atomic mass is 19.1. The van der Waals surface area contributed by atoms with Crippen LogP contribution in [-0.4, -0.2) is 22.1 Å². The van der Waals surface area contributed by atoms with Crippen molar-refractivity contribution in [3.8, 4) is 11.3 Å². The second kappa shape index (κ2) is 6.10. The van der Waals surface area contributed by atoms with Gasteiger partial charge in [0.2, 0.25) is 0 Å². The molecule has 2 aromatic rings. The van der Waals surface area contributed by atoms with Crippen molar-refractivity contribution in [2.45, 2.75) is 13.5 Å². The van der Waals surface area contributed by atoms with Crippen LogP contribution < -0.4 is 5.56 Å². The van der Waals surface area contributed by atoms with Crippen LogP contribution in [0.4, 0.5) is 4.39 Å². The minimum Gasteiger partial charge on any atom is -0.465 e. The van der Waals surface area contributed by atoms with Crippen LogP contribution >= 0.6 is 0 Å². The van der Waals surface area contributed by atoms with Gasteiger partial charge in [-0.05, 0) is 31.2 Å². The first-order valence-corrected chi connectivity index (χ1v) is 6.08. The number of ether oxygens (including phenoxy) is 1. The van der Waals surface area contributed by atoms with Gasteiger partial charge in [0.25, 0.3) is 5.56 Å². The molecule has 0 N–H and O–H groups in total. The summed E-state index contributed by atoms with van der Waals surface area (Å²) >= 11 is 0. The Kier molecular flexibility index (Phi) is 4.24. The van der Waals surface area contributed by atoms with Crippen molar-refractivity contribution in [2.24, 2.45) is 0 Å². The van der Waals surface area contributed by atoms with Gasteiger partial charge >= 0.3 is 5.97 Å². The van der Waals surface area contributed by atoms with Crippen LogP contribution in [0.5, 0.6) is 0 Å². The second-order valence-electron chi connectivity index (χ2n) is 4.05. The van der Waals surface area contributed by atoms with Crippen molar-refractivity contribution in [1.82, 2.24) is 9.55 Å². The summed E-state index contributed by atoms with van der Waals surface area (Å²) in [4.78, 5) is 27.3. The molecule has 0 saturated carbocycles. The number of hydrogen-bond acceptors (Lipinski definition) is 4. The zero-order valence-electron chi connectivity index (χ0n) is 10.9. The van der Waals surface area contributed by atoms with Crippen molar-refractivity contribution in [3.05, 3.63) is 52.8 Å². The predicted molar refractivity (Wildman–Crippen MR) is 70.5 cm³/mol. The Hall–Kier alpha value is -2.50. The molecule has 1 aromatic heterocycles. The number of nitrogens with zero attached hydrogens (tertiary/aromatic N) is 2. The van der Waals surface area contributed by atoms with E-state index in [1.807, 2.05) is 0 Å². The number of esters is 1. The van der Waals surface area contributed by atoms with Crippen LogP contribution in [0.15, 0.2) is 41.5 Å². The van der Waals surface area contributed by atoms with Crippen molar-refractivity contribution < 1.29 is 13.9 Å².